The number of hydrogen-bond donors (Lipinski definition) is 0. The van der Waals surface area contributed by atoms with E-state index in [9.17, 15) is 0 Å². The molecular weight excluding hydrogens is 256 g/mol. The number of rotatable bonds is 1. The molecule has 1 aromatic carbocycles. The number of allylic oxidation sites excluding steroid dienone is 1. The lowest BCUT2D eigenvalue weighted by Gasteiger charge is -2.17. The molecule has 104 valence electrons. The minimum Gasteiger partial charge on any atom is -0.304 e. The molecule has 3 aromatic rings. The van der Waals surface area contributed by atoms with Crippen molar-refractivity contribution in [2.24, 2.45) is 0 Å². The number of nitrogens with zero attached hydrogens (tertiary/aromatic N) is 2. The molecule has 0 unspecified atom stereocenters. The summed E-state index contributed by atoms with van der Waals surface area (Å²) in [7, 11) is 0. The number of fused-ring (bicyclic) bond motifs is 3. The lowest BCUT2D eigenvalue weighted by Crippen LogP contribution is -2.02. The normalized spacial score (nSPS) is 14.1. The number of aryl methyl sites for hydroxylation is 3. The largest absolute Gasteiger partial charge is 0.304 e. The van der Waals surface area contributed by atoms with Crippen LogP contribution in [0.2, 0.25) is 0 Å². The van der Waals surface area contributed by atoms with Crippen LogP contribution in [-0.2, 0) is 6.42 Å². The van der Waals surface area contributed by atoms with Crippen molar-refractivity contribution in [2.75, 3.05) is 0 Å². The molecule has 0 radical (unpaired) electrons. The molecule has 2 nitrogen and oxygen atoms in total. The summed E-state index contributed by atoms with van der Waals surface area (Å²) in [5.74, 6) is 0. The van der Waals surface area contributed by atoms with Gasteiger partial charge in [-0.2, -0.15) is 0 Å². The molecule has 4 rings (SSSR count). The minimum absolute atomic E-state index is 1.09. The van der Waals surface area contributed by atoms with Gasteiger partial charge in [0.2, 0.25) is 0 Å². The Kier molecular flexibility index (Phi) is 2.71. The maximum atomic E-state index is 4.77. The molecule has 2 aromatic heterocycles. The number of hydrogen-bond acceptors (Lipinski definition) is 1. The second-order valence-corrected chi connectivity index (χ2v) is 5.77. The predicted molar refractivity (Wildman–Crippen MR) is 87.3 cm³/mol. The molecule has 0 atom stereocenters. The molecule has 0 saturated heterocycles. The molecule has 0 fully saturated rings. The van der Waals surface area contributed by atoms with Crippen LogP contribution in [0.5, 0.6) is 0 Å². The van der Waals surface area contributed by atoms with Crippen LogP contribution in [0.25, 0.3) is 17.3 Å². The van der Waals surface area contributed by atoms with Crippen molar-refractivity contribution in [1.29, 1.82) is 0 Å². The molecule has 0 N–H and O–H groups in total. The van der Waals surface area contributed by atoms with Gasteiger partial charge in [-0.3, -0.25) is 0 Å². The highest BCUT2D eigenvalue weighted by molar-refractivity contribution is 5.88. The summed E-state index contributed by atoms with van der Waals surface area (Å²) in [6, 6.07) is 12.9. The van der Waals surface area contributed by atoms with Crippen LogP contribution in [0.15, 0.2) is 42.6 Å². The summed E-state index contributed by atoms with van der Waals surface area (Å²) in [4.78, 5) is 4.77. The first-order chi connectivity index (χ1) is 10.2. The first-order valence-corrected chi connectivity index (χ1v) is 7.47. The highest BCUT2D eigenvalue weighted by atomic mass is 15.0. The van der Waals surface area contributed by atoms with Gasteiger partial charge >= 0.3 is 0 Å². The third-order valence-electron chi connectivity index (χ3n) is 4.53. The highest BCUT2D eigenvalue weighted by Crippen LogP contribution is 2.32. The van der Waals surface area contributed by atoms with E-state index >= 15 is 0 Å². The smallest absolute Gasteiger partial charge is 0.144 e. The average Bonchev–Trinajstić information content (AvgIpc) is 2.83. The standard InChI is InChI=1S/C19H18N2/c1-13-14(2)21-11-10-16-8-9-17(12-18(16)19(21)20-13)15-6-4-3-5-7-15/h3-7,10-12H,8-9H2,1-2H3. The van der Waals surface area contributed by atoms with Crippen LogP contribution < -0.4 is 0 Å². The third kappa shape index (κ3) is 1.90. The predicted octanol–water partition coefficient (Wildman–Crippen LogP) is 4.44. The lowest BCUT2D eigenvalue weighted by molar-refractivity contribution is 0.982. The molecule has 0 amide bonds. The molecule has 0 bridgehead atoms. The summed E-state index contributed by atoms with van der Waals surface area (Å²) in [5.41, 5.74) is 8.87. The number of benzene rings is 1. The van der Waals surface area contributed by atoms with Gasteiger partial charge in [0.05, 0.1) is 5.69 Å². The van der Waals surface area contributed by atoms with Crippen molar-refractivity contribution >= 4 is 17.3 Å². The van der Waals surface area contributed by atoms with E-state index in [1.165, 1.54) is 28.0 Å². The fourth-order valence-electron chi connectivity index (χ4n) is 3.17. The maximum Gasteiger partial charge on any atom is 0.144 e. The van der Waals surface area contributed by atoms with Gasteiger partial charge in [-0.1, -0.05) is 30.3 Å². The van der Waals surface area contributed by atoms with Gasteiger partial charge in [0.15, 0.2) is 0 Å². The average molecular weight is 274 g/mol. The first-order valence-electron chi connectivity index (χ1n) is 7.47. The Bertz CT molecular complexity index is 854. The van der Waals surface area contributed by atoms with E-state index in [1.54, 1.807) is 0 Å². The Hall–Kier alpha value is -2.35. The summed E-state index contributed by atoms with van der Waals surface area (Å²) >= 11 is 0. The summed E-state index contributed by atoms with van der Waals surface area (Å²) in [5, 5.41) is 0. The molecular formula is C19H18N2. The van der Waals surface area contributed by atoms with Crippen LogP contribution in [0.1, 0.15) is 34.5 Å². The van der Waals surface area contributed by atoms with Crippen molar-refractivity contribution in [1.82, 2.24) is 9.38 Å². The molecule has 1 aliphatic carbocycles. The topological polar surface area (TPSA) is 17.3 Å². The zero-order valence-electron chi connectivity index (χ0n) is 12.4. The molecule has 21 heavy (non-hydrogen) atoms. The van der Waals surface area contributed by atoms with Gasteiger partial charge in [0, 0.05) is 17.5 Å². The molecule has 0 spiro atoms. The van der Waals surface area contributed by atoms with E-state index in [4.69, 9.17) is 4.98 Å². The highest BCUT2D eigenvalue weighted by Gasteiger charge is 2.16. The van der Waals surface area contributed by atoms with Crippen molar-refractivity contribution in [3.05, 3.63) is 70.7 Å². The van der Waals surface area contributed by atoms with Gasteiger partial charge in [-0.05, 0) is 55.5 Å². The summed E-state index contributed by atoms with van der Waals surface area (Å²) in [6.45, 7) is 4.21. The molecule has 1 aliphatic rings. The zero-order valence-corrected chi connectivity index (χ0v) is 12.4. The molecule has 0 saturated carbocycles. The Morgan fingerprint density at radius 3 is 2.62 bits per heavy atom. The fourth-order valence-corrected chi connectivity index (χ4v) is 3.17. The Morgan fingerprint density at radius 1 is 1.00 bits per heavy atom. The van der Waals surface area contributed by atoms with Crippen molar-refractivity contribution in [3.63, 3.8) is 0 Å². The first kappa shape index (κ1) is 12.4. The zero-order chi connectivity index (χ0) is 14.4. The van der Waals surface area contributed by atoms with Crippen LogP contribution in [0, 0.1) is 13.8 Å². The van der Waals surface area contributed by atoms with E-state index in [2.05, 4.69) is 66.9 Å². The van der Waals surface area contributed by atoms with Crippen LogP contribution in [0.4, 0.5) is 0 Å². The van der Waals surface area contributed by atoms with Crippen LogP contribution in [-0.4, -0.2) is 9.38 Å². The lowest BCUT2D eigenvalue weighted by atomic mass is 9.89. The Balaban J connectivity index is 1.95. The quantitative estimate of drug-likeness (QED) is 0.641. The SMILES string of the molecule is Cc1nc2c3c(ccn2c1C)CCC(c1ccccc1)=C3. The molecule has 0 aliphatic heterocycles. The minimum atomic E-state index is 1.09. The van der Waals surface area contributed by atoms with E-state index in [1.807, 2.05) is 0 Å². The Morgan fingerprint density at radius 2 is 1.81 bits per heavy atom. The van der Waals surface area contributed by atoms with Gasteiger partial charge in [-0.25, -0.2) is 4.98 Å². The van der Waals surface area contributed by atoms with E-state index in [0.717, 1.165) is 24.2 Å². The van der Waals surface area contributed by atoms with E-state index in [-0.39, 0.29) is 0 Å². The number of pyridine rings is 1. The van der Waals surface area contributed by atoms with Crippen molar-refractivity contribution in [2.45, 2.75) is 26.7 Å². The van der Waals surface area contributed by atoms with Gasteiger partial charge < -0.3 is 4.40 Å². The van der Waals surface area contributed by atoms with E-state index in [0.29, 0.717) is 0 Å². The number of imidazole rings is 1. The second kappa shape index (κ2) is 4.59. The van der Waals surface area contributed by atoms with Gasteiger partial charge in [-0.15, -0.1) is 0 Å². The summed E-state index contributed by atoms with van der Waals surface area (Å²) in [6.07, 6.45) is 6.68. The van der Waals surface area contributed by atoms with Gasteiger partial charge in [0.25, 0.3) is 0 Å². The fraction of sp³-hybridized carbons (Fsp3) is 0.211. The third-order valence-corrected chi connectivity index (χ3v) is 4.53. The van der Waals surface area contributed by atoms with Crippen LogP contribution in [0.3, 0.4) is 0 Å². The second-order valence-electron chi connectivity index (χ2n) is 5.77. The Labute approximate surface area is 124 Å². The molecule has 2 heteroatoms. The van der Waals surface area contributed by atoms with Crippen molar-refractivity contribution in [3.8, 4) is 0 Å². The van der Waals surface area contributed by atoms with E-state index < -0.39 is 0 Å². The maximum absolute atomic E-state index is 4.77. The number of aromatic nitrogens is 2. The molecule has 2 heterocycles. The monoisotopic (exact) mass is 274 g/mol. The van der Waals surface area contributed by atoms with Crippen molar-refractivity contribution < 1.29 is 0 Å². The summed E-state index contributed by atoms with van der Waals surface area (Å²) < 4.78 is 2.21. The van der Waals surface area contributed by atoms with Gasteiger partial charge in [0.1, 0.15) is 5.65 Å². The van der Waals surface area contributed by atoms with Crippen LogP contribution >= 0.6 is 0 Å².